The molecule has 0 spiro atoms. The summed E-state index contributed by atoms with van der Waals surface area (Å²) in [5.41, 5.74) is 2.20. The minimum atomic E-state index is -4.42. The van der Waals surface area contributed by atoms with Gasteiger partial charge < -0.3 is 14.7 Å². The van der Waals surface area contributed by atoms with Gasteiger partial charge >= 0.3 is 6.18 Å². The number of alkyl halides is 3. The zero-order valence-electron chi connectivity index (χ0n) is 18.7. The molecule has 2 saturated heterocycles. The number of aromatic nitrogens is 1. The average molecular weight is 461 g/mol. The van der Waals surface area contributed by atoms with Crippen LogP contribution in [-0.2, 0) is 15.8 Å². The van der Waals surface area contributed by atoms with Crippen LogP contribution in [0.25, 0.3) is 0 Å². The quantitative estimate of drug-likeness (QED) is 0.699. The van der Waals surface area contributed by atoms with Gasteiger partial charge in [-0.05, 0) is 49.6 Å². The summed E-state index contributed by atoms with van der Waals surface area (Å²) in [4.78, 5) is 35.3. The van der Waals surface area contributed by atoms with Crippen molar-refractivity contribution in [3.63, 3.8) is 0 Å². The number of carbonyl (C=O) groups excluding carboxylic acids is 2. The van der Waals surface area contributed by atoms with E-state index >= 15 is 0 Å². The molecule has 1 atom stereocenters. The standard InChI is InChI=1S/C24H27F3N4O2/c1-16-5-3-6-20(17(16)2)31-15-18(13-22(31)32)23(33)30-10-4-9-29(11-12-30)21-8-7-19(14-28-21)24(25,26)27/h3,5-8,14,18H,4,9-13,15H2,1-2H3. The van der Waals surface area contributed by atoms with Crippen LogP contribution in [0, 0.1) is 19.8 Å². The molecular formula is C24H27F3N4O2. The van der Waals surface area contributed by atoms with E-state index in [-0.39, 0.29) is 18.2 Å². The first kappa shape index (κ1) is 23.1. The molecule has 1 unspecified atom stereocenters. The van der Waals surface area contributed by atoms with Crippen LogP contribution < -0.4 is 9.80 Å². The van der Waals surface area contributed by atoms with E-state index in [1.807, 2.05) is 36.9 Å². The number of aryl methyl sites for hydroxylation is 1. The number of pyridine rings is 1. The Kier molecular flexibility index (Phi) is 6.32. The zero-order valence-corrected chi connectivity index (χ0v) is 18.7. The minimum Gasteiger partial charge on any atom is -0.355 e. The SMILES string of the molecule is Cc1cccc(N2CC(C(=O)N3CCCN(c4ccc(C(F)(F)F)cn4)CC3)CC2=O)c1C. The Morgan fingerprint density at radius 2 is 1.85 bits per heavy atom. The molecule has 2 aliphatic heterocycles. The van der Waals surface area contributed by atoms with Crippen molar-refractivity contribution < 1.29 is 22.8 Å². The molecule has 2 amide bonds. The summed E-state index contributed by atoms with van der Waals surface area (Å²) in [5, 5.41) is 0. The first-order valence-electron chi connectivity index (χ1n) is 11.1. The number of benzene rings is 1. The molecule has 2 fully saturated rings. The van der Waals surface area contributed by atoms with E-state index in [4.69, 9.17) is 0 Å². The van der Waals surface area contributed by atoms with Crippen LogP contribution in [0.2, 0.25) is 0 Å². The number of hydrogen-bond acceptors (Lipinski definition) is 4. The van der Waals surface area contributed by atoms with E-state index in [0.717, 1.165) is 29.1 Å². The highest BCUT2D eigenvalue weighted by Crippen LogP contribution is 2.31. The number of amides is 2. The maximum Gasteiger partial charge on any atom is 0.417 e. The highest BCUT2D eigenvalue weighted by Gasteiger charge is 2.38. The minimum absolute atomic E-state index is 0.0432. The fraction of sp³-hybridized carbons (Fsp3) is 0.458. The molecule has 0 saturated carbocycles. The summed E-state index contributed by atoms with van der Waals surface area (Å²) >= 11 is 0. The van der Waals surface area contributed by atoms with Crippen LogP contribution in [0.15, 0.2) is 36.5 Å². The van der Waals surface area contributed by atoms with Crippen LogP contribution in [0.3, 0.4) is 0 Å². The molecule has 0 N–H and O–H groups in total. The van der Waals surface area contributed by atoms with E-state index in [1.54, 1.807) is 9.80 Å². The Labute approximate surface area is 191 Å². The molecule has 3 heterocycles. The Bertz CT molecular complexity index is 1040. The van der Waals surface area contributed by atoms with Crippen LogP contribution >= 0.6 is 0 Å². The third kappa shape index (κ3) is 4.82. The first-order valence-corrected chi connectivity index (χ1v) is 11.1. The normalized spacial score (nSPS) is 19.7. The van der Waals surface area contributed by atoms with Gasteiger partial charge in [0.25, 0.3) is 0 Å². The maximum atomic E-state index is 13.2. The van der Waals surface area contributed by atoms with Crippen molar-refractivity contribution in [3.05, 3.63) is 53.2 Å². The topological polar surface area (TPSA) is 56.8 Å². The monoisotopic (exact) mass is 460 g/mol. The molecule has 0 aliphatic carbocycles. The number of nitrogens with zero attached hydrogens (tertiary/aromatic N) is 4. The first-order chi connectivity index (χ1) is 15.6. The van der Waals surface area contributed by atoms with Gasteiger partial charge in [-0.3, -0.25) is 9.59 Å². The molecular weight excluding hydrogens is 433 g/mol. The summed E-state index contributed by atoms with van der Waals surface area (Å²) in [6, 6.07) is 8.23. The highest BCUT2D eigenvalue weighted by atomic mass is 19.4. The van der Waals surface area contributed by atoms with Gasteiger partial charge in [0.15, 0.2) is 0 Å². The second-order valence-corrected chi connectivity index (χ2v) is 8.69. The summed E-state index contributed by atoms with van der Waals surface area (Å²) in [7, 11) is 0. The fourth-order valence-electron chi connectivity index (χ4n) is 4.50. The lowest BCUT2D eigenvalue weighted by Gasteiger charge is -2.25. The molecule has 0 radical (unpaired) electrons. The molecule has 176 valence electrons. The summed E-state index contributed by atoms with van der Waals surface area (Å²) in [6.07, 6.45) is -2.71. The van der Waals surface area contributed by atoms with Gasteiger partial charge in [0.2, 0.25) is 11.8 Å². The van der Waals surface area contributed by atoms with Crippen LogP contribution in [0.5, 0.6) is 0 Å². The van der Waals surface area contributed by atoms with Crippen molar-refractivity contribution in [1.82, 2.24) is 9.88 Å². The third-order valence-electron chi connectivity index (χ3n) is 6.55. The summed E-state index contributed by atoms with van der Waals surface area (Å²) in [6.45, 7) is 6.40. The summed E-state index contributed by atoms with van der Waals surface area (Å²) in [5.74, 6) is -0.0200. The van der Waals surface area contributed by atoms with Gasteiger partial charge in [-0.15, -0.1) is 0 Å². The molecule has 0 bridgehead atoms. The molecule has 1 aromatic carbocycles. The lowest BCUT2D eigenvalue weighted by atomic mass is 10.1. The van der Waals surface area contributed by atoms with Crippen molar-refractivity contribution in [2.24, 2.45) is 5.92 Å². The molecule has 2 aromatic rings. The molecule has 1 aromatic heterocycles. The fourth-order valence-corrected chi connectivity index (χ4v) is 4.50. The lowest BCUT2D eigenvalue weighted by molar-refractivity contribution is -0.138. The lowest BCUT2D eigenvalue weighted by Crippen LogP contribution is -2.40. The number of carbonyl (C=O) groups is 2. The average Bonchev–Trinajstić information content (AvgIpc) is 3.00. The van der Waals surface area contributed by atoms with Crippen molar-refractivity contribution in [3.8, 4) is 0 Å². The molecule has 9 heteroatoms. The molecule has 6 nitrogen and oxygen atoms in total. The van der Waals surface area contributed by atoms with Crippen molar-refractivity contribution in [2.75, 3.05) is 42.5 Å². The molecule has 33 heavy (non-hydrogen) atoms. The third-order valence-corrected chi connectivity index (χ3v) is 6.55. The number of anilines is 2. The second-order valence-electron chi connectivity index (χ2n) is 8.69. The largest absolute Gasteiger partial charge is 0.417 e. The Morgan fingerprint density at radius 1 is 1.06 bits per heavy atom. The van der Waals surface area contributed by atoms with E-state index in [1.165, 1.54) is 6.07 Å². The van der Waals surface area contributed by atoms with Gasteiger partial charge in [-0.2, -0.15) is 13.2 Å². The van der Waals surface area contributed by atoms with Crippen molar-refractivity contribution in [1.29, 1.82) is 0 Å². The van der Waals surface area contributed by atoms with E-state index in [0.29, 0.717) is 45.0 Å². The van der Waals surface area contributed by atoms with Crippen LogP contribution in [-0.4, -0.2) is 54.4 Å². The van der Waals surface area contributed by atoms with Gasteiger partial charge in [0.05, 0.1) is 11.5 Å². The Balaban J connectivity index is 1.40. The predicted octanol–water partition coefficient (Wildman–Crippen LogP) is 3.81. The summed E-state index contributed by atoms with van der Waals surface area (Å²) < 4.78 is 38.4. The Morgan fingerprint density at radius 3 is 2.55 bits per heavy atom. The second kappa shape index (κ2) is 9.03. The van der Waals surface area contributed by atoms with Crippen LogP contribution in [0.4, 0.5) is 24.7 Å². The number of hydrogen-bond donors (Lipinski definition) is 0. The zero-order chi connectivity index (χ0) is 23.8. The van der Waals surface area contributed by atoms with Gasteiger partial charge in [-0.25, -0.2) is 4.98 Å². The van der Waals surface area contributed by atoms with Crippen LogP contribution in [0.1, 0.15) is 29.5 Å². The van der Waals surface area contributed by atoms with Crippen molar-refractivity contribution in [2.45, 2.75) is 32.9 Å². The Hall–Kier alpha value is -3.10. The highest BCUT2D eigenvalue weighted by molar-refractivity contribution is 6.01. The number of rotatable bonds is 3. The van der Waals surface area contributed by atoms with E-state index in [9.17, 15) is 22.8 Å². The molecule has 4 rings (SSSR count). The van der Waals surface area contributed by atoms with Gasteiger partial charge in [0.1, 0.15) is 5.82 Å². The van der Waals surface area contributed by atoms with E-state index in [2.05, 4.69) is 4.98 Å². The van der Waals surface area contributed by atoms with Gasteiger partial charge in [0, 0.05) is 51.0 Å². The maximum absolute atomic E-state index is 13.2. The van der Waals surface area contributed by atoms with Crippen molar-refractivity contribution >= 4 is 23.3 Å². The van der Waals surface area contributed by atoms with E-state index < -0.39 is 17.7 Å². The smallest absolute Gasteiger partial charge is 0.355 e. The van der Waals surface area contributed by atoms with Gasteiger partial charge in [-0.1, -0.05) is 12.1 Å². The molecule has 2 aliphatic rings. The number of halogens is 3. The predicted molar refractivity (Wildman–Crippen MR) is 119 cm³/mol.